The van der Waals surface area contributed by atoms with Gasteiger partial charge in [0, 0.05) is 24.7 Å². The first-order valence-corrected chi connectivity index (χ1v) is 9.99. The average molecular weight is 406 g/mol. The summed E-state index contributed by atoms with van der Waals surface area (Å²) in [4.78, 5) is 26.0. The van der Waals surface area contributed by atoms with Crippen LogP contribution in [0.2, 0.25) is 0 Å². The first-order chi connectivity index (χ1) is 13.6. The van der Waals surface area contributed by atoms with Gasteiger partial charge in [-0.05, 0) is 58.9 Å². The largest absolute Gasteiger partial charge is 0.454 e. The van der Waals surface area contributed by atoms with E-state index in [1.54, 1.807) is 17.0 Å². The smallest absolute Gasteiger partial charge is 0.410 e. The van der Waals surface area contributed by atoms with Crippen molar-refractivity contribution in [3.63, 3.8) is 0 Å². The molecule has 1 aromatic carbocycles. The Kier molecular flexibility index (Phi) is 6.21. The molecule has 0 aromatic heterocycles. The molecule has 0 radical (unpaired) electrons. The van der Waals surface area contributed by atoms with Gasteiger partial charge in [-0.3, -0.25) is 4.79 Å². The van der Waals surface area contributed by atoms with Crippen LogP contribution in [0, 0.1) is 5.92 Å². The molecule has 2 aliphatic heterocycles. The predicted octanol–water partition coefficient (Wildman–Crippen LogP) is 3.39. The zero-order valence-electron chi connectivity index (χ0n) is 17.5. The average Bonchev–Trinajstić information content (AvgIpc) is 3.07. The maximum atomic E-state index is 12.3. The molecule has 160 valence electrons. The Hall–Kier alpha value is -2.48. The van der Waals surface area contributed by atoms with Crippen LogP contribution in [0.4, 0.5) is 10.5 Å². The van der Waals surface area contributed by atoms with Gasteiger partial charge in [-0.2, -0.15) is 0 Å². The van der Waals surface area contributed by atoms with Gasteiger partial charge in [0.2, 0.25) is 6.79 Å². The van der Waals surface area contributed by atoms with Crippen LogP contribution in [-0.2, 0) is 4.74 Å². The summed E-state index contributed by atoms with van der Waals surface area (Å²) in [5, 5.41) is 13.6. The Balaban J connectivity index is 1.61. The van der Waals surface area contributed by atoms with E-state index in [1.165, 1.54) is 6.92 Å². The minimum atomic E-state index is -0.864. The van der Waals surface area contributed by atoms with Crippen molar-refractivity contribution in [2.75, 3.05) is 25.2 Å². The minimum Gasteiger partial charge on any atom is -0.454 e. The van der Waals surface area contributed by atoms with Crippen molar-refractivity contribution in [1.29, 1.82) is 0 Å². The Bertz CT molecular complexity index is 773. The maximum absolute atomic E-state index is 12.3. The van der Waals surface area contributed by atoms with Crippen LogP contribution in [0.25, 0.3) is 0 Å². The molecule has 8 nitrogen and oxygen atoms in total. The van der Waals surface area contributed by atoms with Crippen LogP contribution in [0.1, 0.15) is 57.3 Å². The van der Waals surface area contributed by atoms with E-state index in [9.17, 15) is 14.7 Å². The monoisotopic (exact) mass is 406 g/mol. The fourth-order valence-electron chi connectivity index (χ4n) is 3.66. The molecule has 2 aliphatic rings. The summed E-state index contributed by atoms with van der Waals surface area (Å²) in [6, 6.07) is 3.31. The summed E-state index contributed by atoms with van der Waals surface area (Å²) in [6.45, 7) is 8.31. The molecule has 0 spiro atoms. The van der Waals surface area contributed by atoms with E-state index in [4.69, 9.17) is 14.2 Å². The van der Waals surface area contributed by atoms with Gasteiger partial charge < -0.3 is 29.5 Å². The van der Waals surface area contributed by atoms with E-state index in [0.717, 1.165) is 12.8 Å². The number of aliphatic hydroxyl groups is 1. The van der Waals surface area contributed by atoms with Crippen LogP contribution < -0.4 is 14.8 Å². The van der Waals surface area contributed by atoms with E-state index in [-0.39, 0.29) is 24.6 Å². The summed E-state index contributed by atoms with van der Waals surface area (Å²) in [6.07, 6.45) is 1.04. The molecule has 3 rings (SSSR count). The van der Waals surface area contributed by atoms with Gasteiger partial charge >= 0.3 is 6.09 Å². The van der Waals surface area contributed by atoms with Crippen LogP contribution >= 0.6 is 0 Å². The zero-order chi connectivity index (χ0) is 21.2. The van der Waals surface area contributed by atoms with Crippen LogP contribution in [0.3, 0.4) is 0 Å². The summed E-state index contributed by atoms with van der Waals surface area (Å²) in [5.74, 6) is 1.06. The number of ether oxygens (including phenoxy) is 3. The number of Topliss-reactive ketones (excluding diaryl/α,β-unsaturated/α-hetero) is 1. The fraction of sp³-hybridized carbons (Fsp3) is 0.619. The van der Waals surface area contributed by atoms with Crippen LogP contribution in [0.15, 0.2) is 12.1 Å². The third-order valence-corrected chi connectivity index (χ3v) is 4.94. The van der Waals surface area contributed by atoms with Gasteiger partial charge in [0.05, 0.1) is 5.69 Å². The van der Waals surface area contributed by atoms with Crippen LogP contribution in [-0.4, -0.2) is 53.6 Å². The molecule has 0 saturated carbocycles. The second kappa shape index (κ2) is 8.49. The van der Waals surface area contributed by atoms with E-state index < -0.39 is 11.8 Å². The lowest BCUT2D eigenvalue weighted by molar-refractivity contribution is 0.0136. The van der Waals surface area contributed by atoms with Crippen molar-refractivity contribution >= 4 is 17.6 Å². The van der Waals surface area contributed by atoms with Crippen LogP contribution in [0.5, 0.6) is 11.5 Å². The highest BCUT2D eigenvalue weighted by molar-refractivity contribution is 6.00. The minimum absolute atomic E-state index is 0.112. The van der Waals surface area contributed by atoms with Crippen molar-refractivity contribution in [3.8, 4) is 11.5 Å². The van der Waals surface area contributed by atoms with Crippen molar-refractivity contribution in [3.05, 3.63) is 17.7 Å². The van der Waals surface area contributed by atoms with E-state index in [0.29, 0.717) is 42.3 Å². The number of nitrogens with one attached hydrogen (secondary N) is 1. The van der Waals surface area contributed by atoms with Crippen molar-refractivity contribution in [2.45, 2.75) is 58.8 Å². The first kappa shape index (κ1) is 21.2. The number of amides is 1. The number of likely N-dealkylation sites (tertiary alicyclic amines) is 1. The third kappa shape index (κ3) is 5.53. The second-order valence-electron chi connectivity index (χ2n) is 8.64. The number of carbonyl (C=O) groups excluding carboxylic acids is 2. The molecular weight excluding hydrogens is 376 g/mol. The molecule has 1 fully saturated rings. The number of ketones is 1. The number of fused-ring (bicyclic) bond motifs is 1. The highest BCUT2D eigenvalue weighted by atomic mass is 16.7. The topological polar surface area (TPSA) is 97.3 Å². The fourth-order valence-corrected chi connectivity index (χ4v) is 3.66. The number of carbonyl (C=O) groups is 2. The lowest BCUT2D eigenvalue weighted by atomic mass is 9.94. The highest BCUT2D eigenvalue weighted by Gasteiger charge is 2.29. The lowest BCUT2D eigenvalue weighted by Gasteiger charge is -2.35. The standard InChI is InChI=1S/C21H30N2O6/c1-13(24)15-9-17-18(28-12-27-17)10-16(15)22-19(25)8-14-6-5-7-23(11-14)20(26)29-21(2,3)4/h9-10,14,19,22,25H,5-8,11-12H2,1-4H3. The zero-order valence-corrected chi connectivity index (χ0v) is 17.5. The molecule has 29 heavy (non-hydrogen) atoms. The Morgan fingerprint density at radius 3 is 2.66 bits per heavy atom. The van der Waals surface area contributed by atoms with E-state index in [2.05, 4.69) is 5.32 Å². The number of hydrogen-bond acceptors (Lipinski definition) is 7. The van der Waals surface area contributed by atoms with E-state index in [1.807, 2.05) is 20.8 Å². The van der Waals surface area contributed by atoms with Gasteiger partial charge in [-0.1, -0.05) is 0 Å². The number of aliphatic hydroxyl groups excluding tert-OH is 1. The quantitative estimate of drug-likeness (QED) is 0.571. The molecule has 1 aromatic rings. The number of anilines is 1. The summed E-state index contributed by atoms with van der Waals surface area (Å²) in [5.41, 5.74) is 0.412. The van der Waals surface area contributed by atoms with Crippen molar-refractivity contribution in [1.82, 2.24) is 4.90 Å². The molecule has 1 saturated heterocycles. The molecule has 1 amide bonds. The molecule has 8 heteroatoms. The van der Waals surface area contributed by atoms with Gasteiger partial charge in [0.1, 0.15) is 11.8 Å². The molecule has 0 aliphatic carbocycles. The Morgan fingerprint density at radius 2 is 2.00 bits per heavy atom. The van der Waals surface area contributed by atoms with Gasteiger partial charge in [0.15, 0.2) is 17.3 Å². The maximum Gasteiger partial charge on any atom is 0.410 e. The molecule has 2 N–H and O–H groups in total. The summed E-state index contributed by atoms with van der Waals surface area (Å²) < 4.78 is 16.2. The SMILES string of the molecule is CC(=O)c1cc2c(cc1NC(O)CC1CCCN(C(=O)OC(C)(C)C)C1)OCO2. The van der Waals surface area contributed by atoms with Gasteiger partial charge in [-0.15, -0.1) is 0 Å². The summed E-state index contributed by atoms with van der Waals surface area (Å²) in [7, 11) is 0. The number of benzene rings is 1. The summed E-state index contributed by atoms with van der Waals surface area (Å²) >= 11 is 0. The number of piperidine rings is 1. The predicted molar refractivity (Wildman–Crippen MR) is 107 cm³/mol. The molecule has 0 bridgehead atoms. The molecule has 2 atom stereocenters. The lowest BCUT2D eigenvalue weighted by Crippen LogP contribution is -2.43. The number of hydrogen-bond donors (Lipinski definition) is 2. The van der Waals surface area contributed by atoms with Crippen molar-refractivity contribution < 1.29 is 28.9 Å². The van der Waals surface area contributed by atoms with Gasteiger partial charge in [0.25, 0.3) is 0 Å². The molecule has 2 unspecified atom stereocenters. The highest BCUT2D eigenvalue weighted by Crippen LogP contribution is 2.37. The molecule has 2 heterocycles. The third-order valence-electron chi connectivity index (χ3n) is 4.94. The number of nitrogens with zero attached hydrogens (tertiary/aromatic N) is 1. The van der Waals surface area contributed by atoms with E-state index >= 15 is 0 Å². The normalized spacial score (nSPS) is 19.6. The molecular formula is C21H30N2O6. The Labute approximate surface area is 171 Å². The Morgan fingerprint density at radius 1 is 1.31 bits per heavy atom. The van der Waals surface area contributed by atoms with Crippen molar-refractivity contribution in [2.24, 2.45) is 5.92 Å². The second-order valence-corrected chi connectivity index (χ2v) is 8.64. The van der Waals surface area contributed by atoms with Gasteiger partial charge in [-0.25, -0.2) is 4.79 Å². The number of rotatable bonds is 5. The first-order valence-electron chi connectivity index (χ1n) is 9.99.